The van der Waals surface area contributed by atoms with Gasteiger partial charge in [-0.05, 0) is 62.1 Å². The Hall–Kier alpha value is -1.75. The number of nitrogens with one attached hydrogen (secondary N) is 1. The third-order valence-corrected chi connectivity index (χ3v) is 5.57. The molecule has 1 aromatic carbocycles. The number of esters is 1. The van der Waals surface area contributed by atoms with Crippen molar-refractivity contribution in [3.8, 4) is 5.75 Å². The SMILES string of the molecule is C[C@@H](NC(=O)COC(=O)c1cc(Cl)ccc1O)[C@@H]1C[C@H]2CC[C@H]1C2. The van der Waals surface area contributed by atoms with Crippen LogP contribution in [-0.2, 0) is 9.53 Å². The van der Waals surface area contributed by atoms with E-state index in [4.69, 9.17) is 16.3 Å². The Labute approximate surface area is 146 Å². The first-order valence-corrected chi connectivity index (χ1v) is 8.77. The first kappa shape index (κ1) is 17.1. The van der Waals surface area contributed by atoms with E-state index >= 15 is 0 Å². The van der Waals surface area contributed by atoms with Crippen molar-refractivity contribution in [1.29, 1.82) is 0 Å². The number of rotatable bonds is 5. The number of benzene rings is 1. The molecule has 4 atom stereocenters. The van der Waals surface area contributed by atoms with Crippen LogP contribution in [0.3, 0.4) is 0 Å². The van der Waals surface area contributed by atoms with Crippen LogP contribution in [0.25, 0.3) is 0 Å². The van der Waals surface area contributed by atoms with E-state index in [1.54, 1.807) is 0 Å². The number of phenolic OH excluding ortho intramolecular Hbond substituents is 1. The van der Waals surface area contributed by atoms with E-state index in [1.807, 2.05) is 6.92 Å². The molecule has 0 saturated heterocycles. The van der Waals surface area contributed by atoms with Crippen molar-refractivity contribution in [2.24, 2.45) is 17.8 Å². The number of phenols is 1. The number of carbonyl (C=O) groups excluding carboxylic acids is 2. The largest absolute Gasteiger partial charge is 0.507 e. The number of hydrogen-bond acceptors (Lipinski definition) is 4. The van der Waals surface area contributed by atoms with Gasteiger partial charge < -0.3 is 15.2 Å². The summed E-state index contributed by atoms with van der Waals surface area (Å²) >= 11 is 5.80. The first-order chi connectivity index (χ1) is 11.4. The van der Waals surface area contributed by atoms with Crippen molar-refractivity contribution in [3.05, 3.63) is 28.8 Å². The zero-order valence-electron chi connectivity index (χ0n) is 13.6. The van der Waals surface area contributed by atoms with Gasteiger partial charge >= 0.3 is 5.97 Å². The molecular formula is C18H22ClNO4. The molecule has 2 fully saturated rings. The molecule has 6 heteroatoms. The van der Waals surface area contributed by atoms with Gasteiger partial charge in [-0.3, -0.25) is 4.79 Å². The van der Waals surface area contributed by atoms with Gasteiger partial charge in [0.2, 0.25) is 0 Å². The monoisotopic (exact) mass is 351 g/mol. The second-order valence-corrected chi connectivity index (χ2v) is 7.37. The minimum absolute atomic E-state index is 0.0450. The van der Waals surface area contributed by atoms with Crippen molar-refractivity contribution < 1.29 is 19.4 Å². The Morgan fingerprint density at radius 2 is 2.17 bits per heavy atom. The van der Waals surface area contributed by atoms with E-state index in [1.165, 1.54) is 43.9 Å². The van der Waals surface area contributed by atoms with E-state index in [9.17, 15) is 14.7 Å². The predicted molar refractivity (Wildman–Crippen MR) is 89.9 cm³/mol. The molecular weight excluding hydrogens is 330 g/mol. The highest BCUT2D eigenvalue weighted by Crippen LogP contribution is 2.49. The molecule has 2 bridgehead atoms. The van der Waals surface area contributed by atoms with Crippen LogP contribution in [0.2, 0.25) is 5.02 Å². The fourth-order valence-electron chi connectivity index (χ4n) is 4.19. The third-order valence-electron chi connectivity index (χ3n) is 5.34. The summed E-state index contributed by atoms with van der Waals surface area (Å²) in [7, 11) is 0. The standard InChI is InChI=1S/C18H22ClNO4/c1-10(14-7-11-2-3-12(14)6-11)20-17(22)9-24-18(23)15-8-13(19)4-5-16(15)21/h4-5,8,10-12,14,21H,2-3,6-7,9H2,1H3,(H,20,22)/t10-,11+,12+,14+/m1/s1. The summed E-state index contributed by atoms with van der Waals surface area (Å²) in [6.45, 7) is 1.66. The Balaban J connectivity index is 1.48. The molecule has 0 aliphatic heterocycles. The van der Waals surface area contributed by atoms with Crippen LogP contribution in [0.5, 0.6) is 5.75 Å². The number of carbonyl (C=O) groups is 2. The highest BCUT2D eigenvalue weighted by Gasteiger charge is 2.42. The molecule has 5 nitrogen and oxygen atoms in total. The van der Waals surface area contributed by atoms with Crippen molar-refractivity contribution >= 4 is 23.5 Å². The summed E-state index contributed by atoms with van der Waals surface area (Å²) in [5.41, 5.74) is -0.0450. The summed E-state index contributed by atoms with van der Waals surface area (Å²) in [6.07, 6.45) is 5.05. The molecule has 2 aliphatic carbocycles. The lowest BCUT2D eigenvalue weighted by Crippen LogP contribution is -2.42. The van der Waals surface area contributed by atoms with Crippen LogP contribution >= 0.6 is 11.6 Å². The number of hydrogen-bond donors (Lipinski definition) is 2. The van der Waals surface area contributed by atoms with Crippen molar-refractivity contribution in [2.75, 3.05) is 6.61 Å². The summed E-state index contributed by atoms with van der Waals surface area (Å²) in [4.78, 5) is 24.0. The predicted octanol–water partition coefficient (Wildman–Crippen LogP) is 3.14. The van der Waals surface area contributed by atoms with E-state index < -0.39 is 5.97 Å². The normalized spacial score (nSPS) is 26.2. The number of halogens is 1. The number of fused-ring (bicyclic) bond motifs is 2. The van der Waals surface area contributed by atoms with Crippen LogP contribution in [0, 0.1) is 17.8 Å². The molecule has 0 unspecified atom stereocenters. The molecule has 0 aromatic heterocycles. The van der Waals surface area contributed by atoms with Gasteiger partial charge in [0, 0.05) is 11.1 Å². The minimum Gasteiger partial charge on any atom is -0.507 e. The first-order valence-electron chi connectivity index (χ1n) is 8.39. The van der Waals surface area contributed by atoms with Gasteiger partial charge in [0.15, 0.2) is 6.61 Å². The average Bonchev–Trinajstić information content (AvgIpc) is 3.18. The molecule has 2 N–H and O–H groups in total. The second-order valence-electron chi connectivity index (χ2n) is 6.93. The van der Waals surface area contributed by atoms with Crippen molar-refractivity contribution in [3.63, 3.8) is 0 Å². The molecule has 1 aromatic rings. The van der Waals surface area contributed by atoms with Crippen LogP contribution in [0.1, 0.15) is 43.0 Å². The quantitative estimate of drug-likeness (QED) is 0.799. The Morgan fingerprint density at radius 3 is 2.83 bits per heavy atom. The van der Waals surface area contributed by atoms with Gasteiger partial charge in [0.1, 0.15) is 11.3 Å². The van der Waals surface area contributed by atoms with Crippen molar-refractivity contribution in [2.45, 2.75) is 38.6 Å². The molecule has 2 aliphatic rings. The summed E-state index contributed by atoms with van der Waals surface area (Å²) in [5, 5.41) is 12.9. The summed E-state index contributed by atoms with van der Waals surface area (Å²) < 4.78 is 4.98. The molecule has 24 heavy (non-hydrogen) atoms. The lowest BCUT2D eigenvalue weighted by Gasteiger charge is -2.28. The Morgan fingerprint density at radius 1 is 1.38 bits per heavy atom. The average molecular weight is 352 g/mol. The van der Waals surface area contributed by atoms with Crippen LogP contribution in [0.4, 0.5) is 0 Å². The molecule has 0 heterocycles. The van der Waals surface area contributed by atoms with Crippen LogP contribution in [0.15, 0.2) is 18.2 Å². The van der Waals surface area contributed by atoms with Crippen LogP contribution < -0.4 is 5.32 Å². The zero-order valence-corrected chi connectivity index (χ0v) is 14.4. The molecule has 3 rings (SSSR count). The van der Waals surface area contributed by atoms with Gasteiger partial charge in [-0.25, -0.2) is 4.79 Å². The van der Waals surface area contributed by atoms with Gasteiger partial charge in [-0.2, -0.15) is 0 Å². The molecule has 0 spiro atoms. The van der Waals surface area contributed by atoms with E-state index in [-0.39, 0.29) is 29.9 Å². The Kier molecular flexibility index (Phi) is 4.99. The number of aromatic hydroxyl groups is 1. The lowest BCUT2D eigenvalue weighted by atomic mass is 9.84. The van der Waals surface area contributed by atoms with Crippen molar-refractivity contribution in [1.82, 2.24) is 5.32 Å². The van der Waals surface area contributed by atoms with E-state index in [0.717, 1.165) is 11.8 Å². The van der Waals surface area contributed by atoms with Gasteiger partial charge in [-0.1, -0.05) is 18.0 Å². The second kappa shape index (κ2) is 7.01. The molecule has 130 valence electrons. The molecule has 0 radical (unpaired) electrons. The Bertz CT molecular complexity index is 648. The lowest BCUT2D eigenvalue weighted by molar-refractivity contribution is -0.125. The maximum absolute atomic E-state index is 12.0. The topological polar surface area (TPSA) is 75.6 Å². The highest BCUT2D eigenvalue weighted by atomic mass is 35.5. The van der Waals surface area contributed by atoms with Gasteiger partial charge in [-0.15, -0.1) is 0 Å². The third kappa shape index (κ3) is 3.66. The van der Waals surface area contributed by atoms with E-state index in [0.29, 0.717) is 10.9 Å². The smallest absolute Gasteiger partial charge is 0.342 e. The minimum atomic E-state index is -0.766. The van der Waals surface area contributed by atoms with Crippen LogP contribution in [-0.4, -0.2) is 29.6 Å². The maximum atomic E-state index is 12.0. The number of ether oxygens (including phenoxy) is 1. The van der Waals surface area contributed by atoms with E-state index in [2.05, 4.69) is 5.32 Å². The fraction of sp³-hybridized carbons (Fsp3) is 0.556. The molecule has 2 saturated carbocycles. The maximum Gasteiger partial charge on any atom is 0.342 e. The molecule has 1 amide bonds. The highest BCUT2D eigenvalue weighted by molar-refractivity contribution is 6.31. The summed E-state index contributed by atoms with van der Waals surface area (Å²) in [6, 6.07) is 4.19. The zero-order chi connectivity index (χ0) is 17.3. The fourth-order valence-corrected chi connectivity index (χ4v) is 4.36. The van der Waals surface area contributed by atoms with Gasteiger partial charge in [0.25, 0.3) is 5.91 Å². The number of amides is 1. The summed E-state index contributed by atoms with van der Waals surface area (Å²) in [5.74, 6) is 0.762. The van der Waals surface area contributed by atoms with Gasteiger partial charge in [0.05, 0.1) is 0 Å².